The van der Waals surface area contributed by atoms with Crippen LogP contribution in [0.2, 0.25) is 0 Å². The molecule has 0 aromatic heterocycles. The Kier molecular flexibility index (Phi) is 7.32. The number of carbonyl (C=O) groups excluding carboxylic acids is 1. The lowest BCUT2D eigenvalue weighted by Crippen LogP contribution is -2.42. The minimum atomic E-state index is -0.891. The van der Waals surface area contributed by atoms with Crippen molar-refractivity contribution in [3.8, 4) is 0 Å². The molecule has 4 nitrogen and oxygen atoms in total. The molecule has 0 fully saturated rings. The Labute approximate surface area is 125 Å². The molecule has 1 aromatic carbocycles. The first kappa shape index (κ1) is 17.6. The topological polar surface area (TPSA) is 58.6 Å². The number of aliphatic hydroxyl groups is 1. The molecular weight excluding hydrogens is 273 g/mol. The minimum absolute atomic E-state index is 0.264. The monoisotopic (exact) mass is 297 g/mol. The molecule has 1 amide bonds. The van der Waals surface area contributed by atoms with Gasteiger partial charge in [0.05, 0.1) is 12.1 Å². The van der Waals surface area contributed by atoms with Gasteiger partial charge < -0.3 is 15.2 Å². The van der Waals surface area contributed by atoms with Crippen LogP contribution in [0.15, 0.2) is 24.3 Å². The van der Waals surface area contributed by atoms with Crippen LogP contribution in [0.25, 0.3) is 0 Å². The summed E-state index contributed by atoms with van der Waals surface area (Å²) < 4.78 is 18.2. The molecule has 118 valence electrons. The Balaban J connectivity index is 2.49. The van der Waals surface area contributed by atoms with Crippen LogP contribution in [0.1, 0.15) is 45.3 Å². The maximum Gasteiger partial charge on any atom is 0.249 e. The Bertz CT molecular complexity index is 436. The number of rotatable bonds is 8. The molecule has 1 aromatic rings. The summed E-state index contributed by atoms with van der Waals surface area (Å²) in [6, 6.07) is 5.08. The first-order chi connectivity index (χ1) is 9.95. The molecule has 0 aliphatic heterocycles. The third kappa shape index (κ3) is 5.81. The van der Waals surface area contributed by atoms with Crippen molar-refractivity contribution in [3.05, 3.63) is 35.6 Å². The normalized spacial score (nSPS) is 15.3. The Morgan fingerprint density at radius 2 is 1.95 bits per heavy atom. The fraction of sp³-hybridized carbons (Fsp3) is 0.562. The van der Waals surface area contributed by atoms with Gasteiger partial charge in [-0.3, -0.25) is 4.79 Å². The molecule has 0 spiro atoms. The van der Waals surface area contributed by atoms with Crippen molar-refractivity contribution in [2.75, 3.05) is 6.61 Å². The molecule has 3 atom stereocenters. The molecule has 1 rings (SSSR count). The number of carbonyl (C=O) groups is 1. The first-order valence-corrected chi connectivity index (χ1v) is 7.31. The highest BCUT2D eigenvalue weighted by atomic mass is 19.1. The highest BCUT2D eigenvalue weighted by Crippen LogP contribution is 2.17. The number of hydrogen-bond acceptors (Lipinski definition) is 3. The maximum atomic E-state index is 12.8. The minimum Gasteiger partial charge on any atom is -0.386 e. The molecule has 0 radical (unpaired) electrons. The molecular formula is C16H24FNO3. The molecule has 21 heavy (non-hydrogen) atoms. The van der Waals surface area contributed by atoms with Crippen molar-refractivity contribution in [1.29, 1.82) is 0 Å². The predicted octanol–water partition coefficient (Wildman–Crippen LogP) is 2.57. The van der Waals surface area contributed by atoms with Crippen LogP contribution in [0.3, 0.4) is 0 Å². The molecule has 0 bridgehead atoms. The molecule has 0 aliphatic rings. The molecule has 0 heterocycles. The fourth-order valence-electron chi connectivity index (χ4n) is 1.85. The molecule has 0 saturated carbocycles. The van der Waals surface area contributed by atoms with Gasteiger partial charge in [-0.05, 0) is 38.0 Å². The van der Waals surface area contributed by atoms with E-state index in [1.807, 2.05) is 0 Å². The van der Waals surface area contributed by atoms with E-state index in [0.29, 0.717) is 12.2 Å². The Morgan fingerprint density at radius 1 is 1.33 bits per heavy atom. The van der Waals surface area contributed by atoms with E-state index in [9.17, 15) is 14.3 Å². The number of unbranched alkanes of at least 4 members (excludes halogenated alkanes) is 1. The lowest BCUT2D eigenvalue weighted by atomic mass is 10.0. The van der Waals surface area contributed by atoms with Crippen molar-refractivity contribution in [2.45, 2.75) is 51.9 Å². The second-order valence-electron chi connectivity index (χ2n) is 5.16. The van der Waals surface area contributed by atoms with Gasteiger partial charge in [0, 0.05) is 6.61 Å². The summed E-state index contributed by atoms with van der Waals surface area (Å²) >= 11 is 0. The van der Waals surface area contributed by atoms with E-state index in [4.69, 9.17) is 4.74 Å². The summed E-state index contributed by atoms with van der Waals surface area (Å²) in [5, 5.41) is 12.9. The second-order valence-corrected chi connectivity index (χ2v) is 5.16. The Hall–Kier alpha value is -1.46. The molecule has 5 heteroatoms. The van der Waals surface area contributed by atoms with Gasteiger partial charge in [-0.2, -0.15) is 0 Å². The van der Waals surface area contributed by atoms with Crippen molar-refractivity contribution < 1.29 is 19.0 Å². The van der Waals surface area contributed by atoms with E-state index in [0.717, 1.165) is 12.8 Å². The molecule has 3 unspecified atom stereocenters. The standard InChI is InChI=1S/C16H24FNO3/c1-4-5-10-21-12(3)16(20)18-11(2)15(19)13-6-8-14(17)9-7-13/h6-9,11-12,15,19H,4-5,10H2,1-3H3,(H,18,20). The predicted molar refractivity (Wildman–Crippen MR) is 79.3 cm³/mol. The van der Waals surface area contributed by atoms with E-state index in [2.05, 4.69) is 12.2 Å². The number of hydrogen-bond donors (Lipinski definition) is 2. The van der Waals surface area contributed by atoms with Gasteiger partial charge in [-0.15, -0.1) is 0 Å². The van der Waals surface area contributed by atoms with E-state index < -0.39 is 18.2 Å². The van der Waals surface area contributed by atoms with Crippen LogP contribution in [0.5, 0.6) is 0 Å². The van der Waals surface area contributed by atoms with Crippen molar-refractivity contribution in [3.63, 3.8) is 0 Å². The van der Waals surface area contributed by atoms with E-state index >= 15 is 0 Å². The van der Waals surface area contributed by atoms with Crippen LogP contribution in [-0.4, -0.2) is 29.8 Å². The number of aliphatic hydroxyl groups excluding tert-OH is 1. The van der Waals surface area contributed by atoms with E-state index in [1.54, 1.807) is 13.8 Å². The molecule has 2 N–H and O–H groups in total. The highest BCUT2D eigenvalue weighted by Gasteiger charge is 2.21. The van der Waals surface area contributed by atoms with Gasteiger partial charge >= 0.3 is 0 Å². The van der Waals surface area contributed by atoms with Crippen molar-refractivity contribution in [2.24, 2.45) is 0 Å². The zero-order chi connectivity index (χ0) is 15.8. The number of amides is 1. The summed E-state index contributed by atoms with van der Waals surface area (Å²) in [4.78, 5) is 11.9. The van der Waals surface area contributed by atoms with Gasteiger partial charge in [0.1, 0.15) is 11.9 Å². The second kappa shape index (κ2) is 8.74. The lowest BCUT2D eigenvalue weighted by Gasteiger charge is -2.22. The van der Waals surface area contributed by atoms with Gasteiger partial charge in [-0.25, -0.2) is 4.39 Å². The third-order valence-corrected chi connectivity index (χ3v) is 3.29. The summed E-state index contributed by atoms with van der Waals surface area (Å²) in [6.45, 7) is 5.97. The fourth-order valence-corrected chi connectivity index (χ4v) is 1.85. The Morgan fingerprint density at radius 3 is 2.52 bits per heavy atom. The van der Waals surface area contributed by atoms with Gasteiger partial charge in [0.2, 0.25) is 5.91 Å². The summed E-state index contributed by atoms with van der Waals surface area (Å²) in [5.41, 5.74) is 0.559. The maximum absolute atomic E-state index is 12.8. The van der Waals surface area contributed by atoms with E-state index in [-0.39, 0.29) is 11.7 Å². The zero-order valence-corrected chi connectivity index (χ0v) is 12.8. The quantitative estimate of drug-likeness (QED) is 0.725. The number of benzene rings is 1. The van der Waals surface area contributed by atoms with Crippen molar-refractivity contribution >= 4 is 5.91 Å². The number of nitrogens with one attached hydrogen (secondary N) is 1. The van der Waals surface area contributed by atoms with Crippen LogP contribution in [-0.2, 0) is 9.53 Å². The van der Waals surface area contributed by atoms with Gasteiger partial charge in [0.15, 0.2) is 0 Å². The highest BCUT2D eigenvalue weighted by molar-refractivity contribution is 5.80. The lowest BCUT2D eigenvalue weighted by molar-refractivity contribution is -0.133. The van der Waals surface area contributed by atoms with Crippen LogP contribution >= 0.6 is 0 Å². The van der Waals surface area contributed by atoms with Gasteiger partial charge in [0.25, 0.3) is 0 Å². The molecule has 0 saturated heterocycles. The largest absolute Gasteiger partial charge is 0.386 e. The number of ether oxygens (including phenoxy) is 1. The average Bonchev–Trinajstić information content (AvgIpc) is 2.47. The van der Waals surface area contributed by atoms with Crippen LogP contribution < -0.4 is 5.32 Å². The summed E-state index contributed by atoms with van der Waals surface area (Å²) in [6.07, 6.45) is 0.469. The zero-order valence-electron chi connectivity index (χ0n) is 12.8. The van der Waals surface area contributed by atoms with Crippen LogP contribution in [0.4, 0.5) is 4.39 Å². The smallest absolute Gasteiger partial charge is 0.249 e. The molecule has 0 aliphatic carbocycles. The summed E-state index contributed by atoms with van der Waals surface area (Å²) in [5.74, 6) is -0.625. The first-order valence-electron chi connectivity index (χ1n) is 7.31. The average molecular weight is 297 g/mol. The van der Waals surface area contributed by atoms with Gasteiger partial charge in [-0.1, -0.05) is 25.5 Å². The number of halogens is 1. The van der Waals surface area contributed by atoms with Crippen LogP contribution in [0, 0.1) is 5.82 Å². The van der Waals surface area contributed by atoms with Crippen molar-refractivity contribution in [1.82, 2.24) is 5.32 Å². The summed E-state index contributed by atoms with van der Waals surface area (Å²) in [7, 11) is 0. The SMILES string of the molecule is CCCCOC(C)C(=O)NC(C)C(O)c1ccc(F)cc1. The third-order valence-electron chi connectivity index (χ3n) is 3.29. The van der Waals surface area contributed by atoms with E-state index in [1.165, 1.54) is 24.3 Å².